The summed E-state index contributed by atoms with van der Waals surface area (Å²) >= 11 is 8.15. The van der Waals surface area contributed by atoms with Crippen LogP contribution in [0.3, 0.4) is 0 Å². The first kappa shape index (κ1) is 14.8. The van der Waals surface area contributed by atoms with E-state index >= 15 is 0 Å². The first-order chi connectivity index (χ1) is 10.1. The molecular weight excluding hydrogens is 308 g/mol. The van der Waals surface area contributed by atoms with Crippen molar-refractivity contribution >= 4 is 39.0 Å². The normalized spacial score (nSPS) is 21.0. The zero-order valence-corrected chi connectivity index (χ0v) is 13.3. The molecule has 1 atom stereocenters. The average Bonchev–Trinajstić information content (AvgIpc) is 2.78. The predicted octanol–water partition coefficient (Wildman–Crippen LogP) is 2.76. The van der Waals surface area contributed by atoms with Crippen molar-refractivity contribution in [3.05, 3.63) is 34.2 Å². The van der Waals surface area contributed by atoms with Gasteiger partial charge in [0, 0.05) is 41.1 Å². The van der Waals surface area contributed by atoms with Gasteiger partial charge in [0.15, 0.2) is 0 Å². The fraction of sp³-hybridized carbons (Fsp3) is 0.400. The summed E-state index contributed by atoms with van der Waals surface area (Å²) in [6.07, 6.45) is 0. The monoisotopic (exact) mass is 324 g/mol. The van der Waals surface area contributed by atoms with Crippen LogP contribution < -0.4 is 0 Å². The fourth-order valence-corrected chi connectivity index (χ4v) is 4.25. The molecule has 21 heavy (non-hydrogen) atoms. The molecule has 112 valence electrons. The lowest BCUT2D eigenvalue weighted by Crippen LogP contribution is -2.54. The number of carboxylic acid groups (broad SMARTS) is 1. The van der Waals surface area contributed by atoms with Crippen LogP contribution in [0.15, 0.2) is 24.3 Å². The average molecular weight is 325 g/mol. The zero-order chi connectivity index (χ0) is 15.0. The van der Waals surface area contributed by atoms with Gasteiger partial charge in [-0.25, -0.2) is 0 Å². The van der Waals surface area contributed by atoms with Gasteiger partial charge in [-0.1, -0.05) is 29.8 Å². The molecule has 1 fully saturated rings. The number of hydrogen-bond acceptors (Lipinski definition) is 4. The summed E-state index contributed by atoms with van der Waals surface area (Å²) in [5.74, 6) is -0.760. The maximum Gasteiger partial charge on any atom is 0.322 e. The van der Waals surface area contributed by atoms with Crippen molar-refractivity contribution in [2.45, 2.75) is 12.6 Å². The molecule has 1 aromatic heterocycles. The van der Waals surface area contributed by atoms with E-state index in [0.717, 1.165) is 34.9 Å². The highest BCUT2D eigenvalue weighted by atomic mass is 35.5. The summed E-state index contributed by atoms with van der Waals surface area (Å²) in [7, 11) is 1.86. The van der Waals surface area contributed by atoms with Crippen LogP contribution in [0.25, 0.3) is 10.1 Å². The number of fused-ring (bicyclic) bond motifs is 1. The number of carboxylic acids is 1. The van der Waals surface area contributed by atoms with E-state index in [-0.39, 0.29) is 0 Å². The van der Waals surface area contributed by atoms with Gasteiger partial charge in [-0.05, 0) is 13.1 Å². The maximum absolute atomic E-state index is 11.3. The highest BCUT2D eigenvalue weighted by molar-refractivity contribution is 7.19. The Balaban J connectivity index is 1.79. The number of carbonyl (C=O) groups is 1. The van der Waals surface area contributed by atoms with E-state index in [4.69, 9.17) is 11.6 Å². The largest absolute Gasteiger partial charge is 0.480 e. The number of benzene rings is 1. The number of aliphatic carboxylic acids is 1. The van der Waals surface area contributed by atoms with Crippen LogP contribution in [0.4, 0.5) is 0 Å². The van der Waals surface area contributed by atoms with Crippen molar-refractivity contribution in [1.29, 1.82) is 0 Å². The maximum atomic E-state index is 11.3. The van der Waals surface area contributed by atoms with Crippen molar-refractivity contribution in [2.75, 3.05) is 26.7 Å². The molecule has 1 aromatic carbocycles. The first-order valence-electron chi connectivity index (χ1n) is 6.87. The van der Waals surface area contributed by atoms with Crippen LogP contribution >= 0.6 is 22.9 Å². The minimum atomic E-state index is -0.760. The Hall–Kier alpha value is -1.14. The van der Waals surface area contributed by atoms with Gasteiger partial charge in [0.2, 0.25) is 0 Å². The number of piperazine rings is 1. The van der Waals surface area contributed by atoms with Gasteiger partial charge in [-0.2, -0.15) is 0 Å². The minimum Gasteiger partial charge on any atom is -0.480 e. The highest BCUT2D eigenvalue weighted by Crippen LogP contribution is 2.36. The van der Waals surface area contributed by atoms with Crippen molar-refractivity contribution in [1.82, 2.24) is 9.80 Å². The lowest BCUT2D eigenvalue weighted by Gasteiger charge is -2.36. The molecule has 0 spiro atoms. The summed E-state index contributed by atoms with van der Waals surface area (Å²) in [4.78, 5) is 16.5. The number of likely N-dealkylation sites (N-methyl/N-ethyl adjacent to an activating group) is 1. The van der Waals surface area contributed by atoms with E-state index in [0.29, 0.717) is 6.54 Å². The lowest BCUT2D eigenvalue weighted by atomic mass is 10.1. The minimum absolute atomic E-state index is 0.438. The Morgan fingerprint density at radius 3 is 2.90 bits per heavy atom. The number of thiophene rings is 1. The van der Waals surface area contributed by atoms with E-state index in [9.17, 15) is 9.90 Å². The van der Waals surface area contributed by atoms with E-state index in [1.54, 1.807) is 11.3 Å². The van der Waals surface area contributed by atoms with Gasteiger partial charge in [0.1, 0.15) is 6.04 Å². The second-order valence-corrected chi connectivity index (χ2v) is 6.92. The van der Waals surface area contributed by atoms with Crippen molar-refractivity contribution < 1.29 is 9.90 Å². The van der Waals surface area contributed by atoms with E-state index in [2.05, 4.69) is 11.0 Å². The fourth-order valence-electron chi connectivity index (χ4n) is 2.71. The molecule has 0 bridgehead atoms. The second kappa shape index (κ2) is 5.93. The number of nitrogens with zero attached hydrogens (tertiary/aromatic N) is 2. The number of halogens is 1. The molecule has 3 rings (SSSR count). The summed E-state index contributed by atoms with van der Waals surface area (Å²) in [5.41, 5.74) is 0. The van der Waals surface area contributed by atoms with E-state index in [1.807, 2.05) is 30.1 Å². The van der Waals surface area contributed by atoms with Crippen LogP contribution in [0, 0.1) is 0 Å². The SMILES string of the molecule is CN1CCN(Cc2sc3ccccc3c2Cl)CC1C(=O)O. The molecule has 2 heterocycles. The van der Waals surface area contributed by atoms with E-state index in [1.165, 1.54) is 4.70 Å². The lowest BCUT2D eigenvalue weighted by molar-refractivity contribution is -0.145. The van der Waals surface area contributed by atoms with Gasteiger partial charge in [0.05, 0.1) is 5.02 Å². The Morgan fingerprint density at radius 2 is 2.19 bits per heavy atom. The Kier molecular flexibility index (Phi) is 4.17. The molecule has 0 amide bonds. The topological polar surface area (TPSA) is 43.8 Å². The van der Waals surface area contributed by atoms with E-state index < -0.39 is 12.0 Å². The Labute approximate surface area is 132 Å². The van der Waals surface area contributed by atoms with Gasteiger partial charge < -0.3 is 5.11 Å². The van der Waals surface area contributed by atoms with Crippen LogP contribution in [0.1, 0.15) is 4.88 Å². The summed E-state index contributed by atoms with van der Waals surface area (Å²) in [6.45, 7) is 2.89. The van der Waals surface area contributed by atoms with Gasteiger partial charge in [0.25, 0.3) is 0 Å². The van der Waals surface area contributed by atoms with Crippen molar-refractivity contribution in [3.8, 4) is 0 Å². The van der Waals surface area contributed by atoms with Gasteiger partial charge >= 0.3 is 5.97 Å². The quantitative estimate of drug-likeness (QED) is 0.943. The molecule has 0 radical (unpaired) electrons. The summed E-state index contributed by atoms with van der Waals surface area (Å²) in [5, 5.41) is 11.2. The summed E-state index contributed by atoms with van der Waals surface area (Å²) < 4.78 is 1.18. The molecule has 1 unspecified atom stereocenters. The van der Waals surface area contributed by atoms with Crippen LogP contribution in [0.2, 0.25) is 5.02 Å². The highest BCUT2D eigenvalue weighted by Gasteiger charge is 2.30. The molecular formula is C15H17ClN2O2S. The standard InChI is InChI=1S/C15H17ClN2O2S/c1-17-6-7-18(8-11(17)15(19)20)9-13-14(16)10-4-2-3-5-12(10)21-13/h2-5,11H,6-9H2,1H3,(H,19,20). The van der Waals surface area contributed by atoms with Gasteiger partial charge in [-0.15, -0.1) is 11.3 Å². The van der Waals surface area contributed by atoms with Crippen molar-refractivity contribution in [3.63, 3.8) is 0 Å². The Bertz CT molecular complexity index is 673. The number of rotatable bonds is 3. The molecule has 6 heteroatoms. The van der Waals surface area contributed by atoms with Crippen molar-refractivity contribution in [2.24, 2.45) is 0 Å². The second-order valence-electron chi connectivity index (χ2n) is 5.41. The van der Waals surface area contributed by atoms with Gasteiger partial charge in [-0.3, -0.25) is 14.6 Å². The zero-order valence-electron chi connectivity index (χ0n) is 11.8. The van der Waals surface area contributed by atoms with Crippen LogP contribution in [-0.2, 0) is 11.3 Å². The van der Waals surface area contributed by atoms with Crippen LogP contribution in [-0.4, -0.2) is 53.6 Å². The third-order valence-electron chi connectivity index (χ3n) is 3.99. The predicted molar refractivity (Wildman–Crippen MR) is 86.2 cm³/mol. The molecule has 2 aromatic rings. The summed E-state index contributed by atoms with van der Waals surface area (Å²) in [6, 6.07) is 7.66. The molecule has 0 saturated carbocycles. The molecule has 1 aliphatic rings. The molecule has 1 saturated heterocycles. The molecule has 1 N–H and O–H groups in total. The Morgan fingerprint density at radius 1 is 1.43 bits per heavy atom. The molecule has 1 aliphatic heterocycles. The van der Waals surface area contributed by atoms with Crippen LogP contribution in [0.5, 0.6) is 0 Å². The molecule has 0 aliphatic carbocycles. The smallest absolute Gasteiger partial charge is 0.322 e. The third-order valence-corrected chi connectivity index (χ3v) is 5.69. The first-order valence-corrected chi connectivity index (χ1v) is 8.07. The number of hydrogen-bond donors (Lipinski definition) is 1. The molecule has 4 nitrogen and oxygen atoms in total. The third kappa shape index (κ3) is 2.92.